The van der Waals surface area contributed by atoms with Crippen molar-refractivity contribution in [2.75, 3.05) is 4.72 Å². The first-order valence-corrected chi connectivity index (χ1v) is 7.96. The van der Waals surface area contributed by atoms with Crippen LogP contribution in [0.2, 0.25) is 0 Å². The second-order valence-electron chi connectivity index (χ2n) is 5.00. The molecule has 0 amide bonds. The molecule has 0 aromatic heterocycles. The predicted octanol–water partition coefficient (Wildman–Crippen LogP) is 1.01. The van der Waals surface area contributed by atoms with Gasteiger partial charge in [0.05, 0.1) is 11.5 Å². The van der Waals surface area contributed by atoms with Crippen molar-refractivity contribution in [1.29, 1.82) is 0 Å². The Morgan fingerprint density at radius 2 is 2.05 bits per heavy atom. The molecule has 0 aliphatic carbocycles. The topological polar surface area (TPSA) is 75.6 Å². The van der Waals surface area contributed by atoms with Crippen molar-refractivity contribution >= 4 is 28.3 Å². The van der Waals surface area contributed by atoms with E-state index in [1.54, 1.807) is 36.4 Å². The quantitative estimate of drug-likeness (QED) is 0.830. The lowest BCUT2D eigenvalue weighted by atomic mass is 9.79. The molecule has 5 nitrogen and oxygen atoms in total. The van der Waals surface area contributed by atoms with E-state index in [-0.39, 0.29) is 4.90 Å². The highest BCUT2D eigenvalue weighted by molar-refractivity contribution is 7.92. The van der Waals surface area contributed by atoms with Crippen LogP contribution in [0.5, 0.6) is 0 Å². The van der Waals surface area contributed by atoms with Gasteiger partial charge in [0.1, 0.15) is 0 Å². The first-order valence-electron chi connectivity index (χ1n) is 6.48. The van der Waals surface area contributed by atoms with Gasteiger partial charge in [-0.3, -0.25) is 4.72 Å². The Bertz CT molecular complexity index is 791. The van der Waals surface area contributed by atoms with Crippen LogP contribution in [-0.2, 0) is 21.3 Å². The number of benzene rings is 2. The zero-order chi connectivity index (χ0) is 15.0. The molecule has 0 saturated heterocycles. The fourth-order valence-electron chi connectivity index (χ4n) is 2.27. The maximum atomic E-state index is 12.3. The van der Waals surface area contributed by atoms with Crippen LogP contribution in [0.1, 0.15) is 11.1 Å². The largest absolute Gasteiger partial charge is 0.491 e. The van der Waals surface area contributed by atoms with Gasteiger partial charge in [-0.15, -0.1) is 0 Å². The van der Waals surface area contributed by atoms with E-state index in [0.29, 0.717) is 17.8 Å². The molecule has 7 heteroatoms. The monoisotopic (exact) mass is 303 g/mol. The number of nitrogens with one attached hydrogen (secondary N) is 1. The summed E-state index contributed by atoms with van der Waals surface area (Å²) in [5, 5.41) is 9.66. The van der Waals surface area contributed by atoms with Gasteiger partial charge >= 0.3 is 7.12 Å². The summed E-state index contributed by atoms with van der Waals surface area (Å²) in [6.45, 7) is 2.17. The molecule has 1 heterocycles. The summed E-state index contributed by atoms with van der Waals surface area (Å²) in [6.07, 6.45) is 0. The minimum Gasteiger partial charge on any atom is -0.423 e. The minimum absolute atomic E-state index is 0.208. The SMILES string of the molecule is Cc1cccc(S(=O)(=O)Nc2ccc3c(c2)B(O)OC3)c1. The summed E-state index contributed by atoms with van der Waals surface area (Å²) >= 11 is 0. The van der Waals surface area contributed by atoms with Crippen LogP contribution in [0, 0.1) is 6.92 Å². The fourth-order valence-corrected chi connectivity index (χ4v) is 3.43. The Labute approximate surface area is 123 Å². The second-order valence-corrected chi connectivity index (χ2v) is 6.68. The summed E-state index contributed by atoms with van der Waals surface area (Å²) in [5.74, 6) is 0. The van der Waals surface area contributed by atoms with Crippen LogP contribution in [0.4, 0.5) is 5.69 Å². The smallest absolute Gasteiger partial charge is 0.423 e. The summed E-state index contributed by atoms with van der Waals surface area (Å²) < 4.78 is 32.3. The molecule has 108 valence electrons. The van der Waals surface area contributed by atoms with E-state index in [1.165, 1.54) is 0 Å². The molecule has 2 N–H and O–H groups in total. The van der Waals surface area contributed by atoms with Gasteiger partial charge in [0.25, 0.3) is 10.0 Å². The first kappa shape index (κ1) is 14.1. The average molecular weight is 303 g/mol. The molecule has 0 bridgehead atoms. The normalized spacial score (nSPS) is 14.1. The Morgan fingerprint density at radius 3 is 2.81 bits per heavy atom. The van der Waals surface area contributed by atoms with Crippen LogP contribution in [-0.4, -0.2) is 20.6 Å². The lowest BCUT2D eigenvalue weighted by molar-refractivity contribution is 0.275. The number of hydrogen-bond donors (Lipinski definition) is 2. The van der Waals surface area contributed by atoms with Crippen molar-refractivity contribution in [1.82, 2.24) is 0 Å². The molecule has 0 unspecified atom stereocenters. The molecule has 1 aliphatic heterocycles. The van der Waals surface area contributed by atoms with Crippen molar-refractivity contribution in [3.63, 3.8) is 0 Å². The number of anilines is 1. The van der Waals surface area contributed by atoms with Crippen molar-refractivity contribution in [2.24, 2.45) is 0 Å². The van der Waals surface area contributed by atoms with Crippen molar-refractivity contribution in [3.8, 4) is 0 Å². The third-order valence-electron chi connectivity index (χ3n) is 3.36. The fraction of sp³-hybridized carbons (Fsp3) is 0.143. The van der Waals surface area contributed by atoms with Crippen LogP contribution in [0.3, 0.4) is 0 Å². The maximum Gasteiger partial charge on any atom is 0.491 e. The zero-order valence-electron chi connectivity index (χ0n) is 11.4. The van der Waals surface area contributed by atoms with Crippen molar-refractivity contribution < 1.29 is 18.1 Å². The van der Waals surface area contributed by atoms with Gasteiger partial charge in [0.2, 0.25) is 0 Å². The molecule has 1 aliphatic rings. The molecule has 0 spiro atoms. The number of rotatable bonds is 3. The summed E-state index contributed by atoms with van der Waals surface area (Å²) in [7, 11) is -4.64. The molecule has 2 aromatic rings. The van der Waals surface area contributed by atoms with Gasteiger partial charge in [0, 0.05) is 5.69 Å². The Balaban J connectivity index is 1.91. The van der Waals surface area contributed by atoms with E-state index in [1.807, 2.05) is 13.0 Å². The highest BCUT2D eigenvalue weighted by Crippen LogP contribution is 2.19. The zero-order valence-corrected chi connectivity index (χ0v) is 12.2. The third-order valence-corrected chi connectivity index (χ3v) is 4.74. The first-order chi connectivity index (χ1) is 9.95. The second kappa shape index (κ2) is 5.18. The van der Waals surface area contributed by atoms with Gasteiger partial charge in [-0.1, -0.05) is 18.2 Å². The summed E-state index contributed by atoms with van der Waals surface area (Å²) in [4.78, 5) is 0.208. The molecule has 0 fully saturated rings. The predicted molar refractivity (Wildman–Crippen MR) is 80.8 cm³/mol. The van der Waals surface area contributed by atoms with Crippen LogP contribution < -0.4 is 10.2 Å². The number of aryl methyl sites for hydroxylation is 1. The molecular formula is C14H14BNO4S. The number of sulfonamides is 1. The van der Waals surface area contributed by atoms with Crippen LogP contribution >= 0.6 is 0 Å². The summed E-state index contributed by atoms with van der Waals surface area (Å²) in [6, 6.07) is 11.7. The lowest BCUT2D eigenvalue weighted by Crippen LogP contribution is -2.28. The van der Waals surface area contributed by atoms with E-state index < -0.39 is 17.1 Å². The standard InChI is InChI=1S/C14H14BNO4S/c1-10-3-2-4-13(7-10)21(18,19)16-12-6-5-11-9-20-15(17)14(11)8-12/h2-8,16-17H,9H2,1H3. The Morgan fingerprint density at radius 1 is 1.24 bits per heavy atom. The number of hydrogen-bond acceptors (Lipinski definition) is 4. The van der Waals surface area contributed by atoms with Crippen molar-refractivity contribution in [3.05, 3.63) is 53.6 Å². The van der Waals surface area contributed by atoms with E-state index in [9.17, 15) is 13.4 Å². The van der Waals surface area contributed by atoms with E-state index in [2.05, 4.69) is 4.72 Å². The molecule has 0 atom stereocenters. The van der Waals surface area contributed by atoms with Crippen LogP contribution in [0.25, 0.3) is 0 Å². The molecular weight excluding hydrogens is 289 g/mol. The van der Waals surface area contributed by atoms with Crippen LogP contribution in [0.15, 0.2) is 47.4 Å². The summed E-state index contributed by atoms with van der Waals surface area (Å²) in [5.41, 5.74) is 2.73. The Hall–Kier alpha value is -1.83. The lowest BCUT2D eigenvalue weighted by Gasteiger charge is -2.10. The minimum atomic E-state index is -3.64. The maximum absolute atomic E-state index is 12.3. The highest BCUT2D eigenvalue weighted by atomic mass is 32.2. The third kappa shape index (κ3) is 2.80. The molecule has 0 radical (unpaired) electrons. The van der Waals surface area contributed by atoms with E-state index in [0.717, 1.165) is 11.1 Å². The van der Waals surface area contributed by atoms with Gasteiger partial charge in [-0.25, -0.2) is 8.42 Å². The average Bonchev–Trinajstić information content (AvgIpc) is 2.80. The van der Waals surface area contributed by atoms with Crippen molar-refractivity contribution in [2.45, 2.75) is 18.4 Å². The van der Waals surface area contributed by atoms with Gasteiger partial charge in [-0.05, 0) is 47.8 Å². The molecule has 0 saturated carbocycles. The molecule has 21 heavy (non-hydrogen) atoms. The van der Waals surface area contributed by atoms with Gasteiger partial charge in [0.15, 0.2) is 0 Å². The highest BCUT2D eigenvalue weighted by Gasteiger charge is 2.27. The van der Waals surface area contributed by atoms with Gasteiger partial charge in [-0.2, -0.15) is 0 Å². The Kier molecular flexibility index (Phi) is 3.48. The van der Waals surface area contributed by atoms with Gasteiger partial charge < -0.3 is 9.68 Å². The number of fused-ring (bicyclic) bond motifs is 1. The molecule has 2 aromatic carbocycles. The molecule has 3 rings (SSSR count). The van der Waals surface area contributed by atoms with E-state index >= 15 is 0 Å². The van der Waals surface area contributed by atoms with E-state index in [4.69, 9.17) is 4.65 Å².